The molecule has 0 aromatic carbocycles. The summed E-state index contributed by atoms with van der Waals surface area (Å²) < 4.78 is 1.02. The average molecular weight is 287 g/mol. The molecule has 0 radical (unpaired) electrons. The highest BCUT2D eigenvalue weighted by Gasteiger charge is 2.16. The number of rotatable bonds is 5. The van der Waals surface area contributed by atoms with Crippen molar-refractivity contribution in [3.05, 3.63) is 22.3 Å². The molecule has 2 N–H and O–H groups in total. The second-order valence-corrected chi connectivity index (χ2v) is 5.61. The van der Waals surface area contributed by atoms with Gasteiger partial charge in [-0.25, -0.2) is 4.98 Å². The van der Waals surface area contributed by atoms with Crippen LogP contribution < -0.4 is 5.32 Å². The highest BCUT2D eigenvalue weighted by molar-refractivity contribution is 9.10. The zero-order valence-corrected chi connectivity index (χ0v) is 11.6. The smallest absolute Gasteiger partial charge is 0.126 e. The third kappa shape index (κ3) is 4.10. The molecule has 0 bridgehead atoms. The van der Waals surface area contributed by atoms with E-state index in [4.69, 9.17) is 5.11 Å². The van der Waals surface area contributed by atoms with E-state index in [-0.39, 0.29) is 12.0 Å². The predicted molar refractivity (Wildman–Crippen MR) is 70.6 cm³/mol. The van der Waals surface area contributed by atoms with Crippen LogP contribution in [-0.2, 0) is 0 Å². The van der Waals surface area contributed by atoms with Crippen LogP contribution in [0.4, 0.5) is 5.82 Å². The van der Waals surface area contributed by atoms with Gasteiger partial charge >= 0.3 is 0 Å². The van der Waals surface area contributed by atoms with Crippen molar-refractivity contribution in [1.82, 2.24) is 4.98 Å². The fourth-order valence-electron chi connectivity index (χ4n) is 1.36. The van der Waals surface area contributed by atoms with Crippen molar-refractivity contribution in [3.8, 4) is 0 Å². The second kappa shape index (κ2) is 5.64. The van der Waals surface area contributed by atoms with Gasteiger partial charge in [0.15, 0.2) is 0 Å². The molecule has 16 heavy (non-hydrogen) atoms. The summed E-state index contributed by atoms with van der Waals surface area (Å²) in [5, 5.41) is 12.2. The van der Waals surface area contributed by atoms with Gasteiger partial charge in [0.05, 0.1) is 5.69 Å². The van der Waals surface area contributed by atoms with E-state index in [1.165, 1.54) is 0 Å². The summed E-state index contributed by atoms with van der Waals surface area (Å²) in [5.41, 5.74) is 1.06. The Bertz CT molecular complexity index is 353. The molecule has 0 amide bonds. The zero-order valence-electron chi connectivity index (χ0n) is 10.0. The van der Waals surface area contributed by atoms with Gasteiger partial charge in [0.2, 0.25) is 0 Å². The molecule has 90 valence electrons. The Morgan fingerprint density at radius 1 is 1.44 bits per heavy atom. The first-order valence-corrected chi connectivity index (χ1v) is 6.22. The monoisotopic (exact) mass is 286 g/mol. The van der Waals surface area contributed by atoms with Crippen LogP contribution >= 0.6 is 15.9 Å². The molecular weight excluding hydrogens is 268 g/mol. The van der Waals surface area contributed by atoms with Crippen LogP contribution in [0.5, 0.6) is 0 Å². The fraction of sp³-hybridized carbons (Fsp3) is 0.583. The van der Waals surface area contributed by atoms with Crippen LogP contribution in [0.3, 0.4) is 0 Å². The Morgan fingerprint density at radius 3 is 2.69 bits per heavy atom. The van der Waals surface area contributed by atoms with Crippen molar-refractivity contribution >= 4 is 21.7 Å². The Morgan fingerprint density at radius 2 is 2.12 bits per heavy atom. The predicted octanol–water partition coefficient (Wildman–Crippen LogP) is 2.97. The number of nitrogens with one attached hydrogen (secondary N) is 1. The molecule has 4 heteroatoms. The summed E-state index contributed by atoms with van der Waals surface area (Å²) in [6.45, 7) is 7.25. The highest BCUT2D eigenvalue weighted by atomic mass is 79.9. The lowest BCUT2D eigenvalue weighted by Crippen LogP contribution is -2.24. The number of halogens is 1. The maximum Gasteiger partial charge on any atom is 0.126 e. The van der Waals surface area contributed by atoms with Gasteiger partial charge in [-0.3, -0.25) is 0 Å². The molecule has 0 unspecified atom stereocenters. The van der Waals surface area contributed by atoms with Gasteiger partial charge in [0.25, 0.3) is 0 Å². The third-order valence-electron chi connectivity index (χ3n) is 2.56. The maximum atomic E-state index is 8.93. The van der Waals surface area contributed by atoms with Crippen LogP contribution in [0.25, 0.3) is 0 Å². The van der Waals surface area contributed by atoms with E-state index in [1.807, 2.05) is 19.1 Å². The average Bonchev–Trinajstić information content (AvgIpc) is 2.20. The minimum atomic E-state index is 0.0808. The molecule has 0 spiro atoms. The summed E-state index contributed by atoms with van der Waals surface area (Å²) in [7, 11) is 0. The lowest BCUT2D eigenvalue weighted by Gasteiger charge is -2.24. The van der Waals surface area contributed by atoms with Crippen molar-refractivity contribution in [3.63, 3.8) is 0 Å². The van der Waals surface area contributed by atoms with Gasteiger partial charge < -0.3 is 10.4 Å². The van der Waals surface area contributed by atoms with E-state index in [9.17, 15) is 0 Å². The van der Waals surface area contributed by atoms with Crippen LogP contribution in [0.15, 0.2) is 16.6 Å². The molecule has 0 aliphatic heterocycles. The molecule has 0 saturated heterocycles. The second-order valence-electron chi connectivity index (χ2n) is 4.76. The molecular formula is C12H19BrN2O. The summed E-state index contributed by atoms with van der Waals surface area (Å²) >= 11 is 3.42. The van der Waals surface area contributed by atoms with Gasteiger partial charge in [-0.15, -0.1) is 0 Å². The Kier molecular flexibility index (Phi) is 4.74. The maximum absolute atomic E-state index is 8.93. The molecule has 0 fully saturated rings. The molecule has 0 saturated carbocycles. The number of aliphatic hydroxyl groups is 1. The van der Waals surface area contributed by atoms with Gasteiger partial charge in [-0.2, -0.15) is 0 Å². The number of anilines is 1. The van der Waals surface area contributed by atoms with Crippen LogP contribution in [0.1, 0.15) is 26.0 Å². The Labute approximate surface area is 105 Å². The van der Waals surface area contributed by atoms with E-state index < -0.39 is 0 Å². The molecule has 1 rings (SSSR count). The lowest BCUT2D eigenvalue weighted by molar-refractivity contribution is 0.220. The number of hydrogen-bond acceptors (Lipinski definition) is 3. The number of aliphatic hydroxyl groups excluding tert-OH is 1. The topological polar surface area (TPSA) is 45.2 Å². The van der Waals surface area contributed by atoms with Crippen molar-refractivity contribution in [1.29, 1.82) is 0 Å². The van der Waals surface area contributed by atoms with Crippen LogP contribution in [0.2, 0.25) is 0 Å². The van der Waals surface area contributed by atoms with E-state index >= 15 is 0 Å². The SMILES string of the molecule is Cc1nc(NCC(C)(C)CCO)ccc1Br. The molecule has 0 atom stereocenters. The minimum Gasteiger partial charge on any atom is -0.396 e. The fourth-order valence-corrected chi connectivity index (χ4v) is 1.58. The van der Waals surface area contributed by atoms with Crippen molar-refractivity contribution < 1.29 is 5.11 Å². The summed E-state index contributed by atoms with van der Waals surface area (Å²) in [4.78, 5) is 4.42. The number of aryl methyl sites for hydroxylation is 1. The number of nitrogens with zero attached hydrogens (tertiary/aromatic N) is 1. The standard InChI is InChI=1S/C12H19BrN2O/c1-9-10(13)4-5-11(15-9)14-8-12(2,3)6-7-16/h4-5,16H,6-8H2,1-3H3,(H,14,15). The molecule has 1 heterocycles. The normalized spacial score (nSPS) is 11.6. The quantitative estimate of drug-likeness (QED) is 0.875. The first kappa shape index (κ1) is 13.5. The van der Waals surface area contributed by atoms with Crippen molar-refractivity contribution in [2.75, 3.05) is 18.5 Å². The number of pyridine rings is 1. The Balaban J connectivity index is 2.57. The molecule has 1 aromatic heterocycles. The molecule has 0 aliphatic carbocycles. The van der Waals surface area contributed by atoms with E-state index in [2.05, 4.69) is 40.1 Å². The first-order chi connectivity index (χ1) is 7.44. The third-order valence-corrected chi connectivity index (χ3v) is 3.40. The van der Waals surface area contributed by atoms with Gasteiger partial charge in [0, 0.05) is 17.6 Å². The van der Waals surface area contributed by atoms with E-state index in [1.54, 1.807) is 0 Å². The largest absolute Gasteiger partial charge is 0.396 e. The van der Waals surface area contributed by atoms with Crippen molar-refractivity contribution in [2.24, 2.45) is 5.41 Å². The van der Waals surface area contributed by atoms with Crippen molar-refractivity contribution in [2.45, 2.75) is 27.2 Å². The minimum absolute atomic E-state index is 0.0808. The summed E-state index contributed by atoms with van der Waals surface area (Å²) in [6, 6.07) is 3.94. The number of aromatic nitrogens is 1. The van der Waals surface area contributed by atoms with Crippen LogP contribution in [-0.4, -0.2) is 23.2 Å². The number of hydrogen-bond donors (Lipinski definition) is 2. The summed E-state index contributed by atoms with van der Waals surface area (Å²) in [6.07, 6.45) is 0.787. The highest BCUT2D eigenvalue weighted by Crippen LogP contribution is 2.21. The molecule has 3 nitrogen and oxygen atoms in total. The van der Waals surface area contributed by atoms with Crippen LogP contribution in [0, 0.1) is 12.3 Å². The molecule has 1 aromatic rings. The summed E-state index contributed by atoms with van der Waals surface area (Å²) in [5.74, 6) is 0.881. The van der Waals surface area contributed by atoms with Gasteiger partial charge in [0.1, 0.15) is 5.82 Å². The van der Waals surface area contributed by atoms with E-state index in [0.717, 1.165) is 29.0 Å². The van der Waals surface area contributed by atoms with E-state index in [0.29, 0.717) is 0 Å². The zero-order chi connectivity index (χ0) is 12.2. The molecule has 0 aliphatic rings. The lowest BCUT2D eigenvalue weighted by atomic mass is 9.90. The first-order valence-electron chi connectivity index (χ1n) is 5.42. The van der Waals surface area contributed by atoms with Gasteiger partial charge in [-0.05, 0) is 46.8 Å². The Hall–Kier alpha value is -0.610. The van der Waals surface area contributed by atoms with Gasteiger partial charge in [-0.1, -0.05) is 13.8 Å².